The number of nitrogens with zero attached hydrogens (tertiary/aromatic N) is 1. The normalized spacial score (nSPS) is 14.5. The maximum Gasteiger partial charge on any atom is 0.293 e. The Morgan fingerprint density at radius 1 is 0.882 bits per heavy atom. The molecule has 6 nitrogen and oxygen atoms in total. The van der Waals surface area contributed by atoms with E-state index in [1.807, 2.05) is 54.6 Å². The standard InChI is InChI=1S/C27H25NO5S/c1-19-7-3-4-8-21(19)18-33-22-13-11-20(12-14-22)17-25-26(29)28(27(30)34-25)15-16-32-24-10-6-5-9-23(24)31-2/h3-14,17H,15-16,18H2,1-2H3/b25-17-. The van der Waals surface area contributed by atoms with Crippen LogP contribution in [0.25, 0.3) is 6.08 Å². The summed E-state index contributed by atoms with van der Waals surface area (Å²) in [5, 5.41) is -0.307. The number of para-hydroxylation sites is 2. The van der Waals surface area contributed by atoms with Gasteiger partial charge in [-0.15, -0.1) is 0 Å². The predicted molar refractivity (Wildman–Crippen MR) is 133 cm³/mol. The number of thioether (sulfide) groups is 1. The number of carbonyl (C=O) groups excluding carboxylic acids is 2. The number of hydrogen-bond acceptors (Lipinski definition) is 6. The fourth-order valence-electron chi connectivity index (χ4n) is 3.42. The van der Waals surface area contributed by atoms with Crippen LogP contribution in [0, 0.1) is 6.92 Å². The molecule has 174 valence electrons. The zero-order valence-corrected chi connectivity index (χ0v) is 19.8. The van der Waals surface area contributed by atoms with E-state index in [1.165, 1.54) is 10.5 Å². The van der Waals surface area contributed by atoms with E-state index in [0.717, 1.165) is 28.6 Å². The SMILES string of the molecule is COc1ccccc1OCCN1C(=O)S/C(=C\c2ccc(OCc3ccccc3C)cc2)C1=O. The van der Waals surface area contributed by atoms with Gasteiger partial charge in [0.25, 0.3) is 11.1 Å². The minimum Gasteiger partial charge on any atom is -0.493 e. The molecule has 1 fully saturated rings. The zero-order valence-electron chi connectivity index (χ0n) is 19.0. The predicted octanol–water partition coefficient (Wildman–Crippen LogP) is 5.70. The van der Waals surface area contributed by atoms with Crippen molar-refractivity contribution in [2.24, 2.45) is 0 Å². The first-order valence-corrected chi connectivity index (χ1v) is 11.7. The van der Waals surface area contributed by atoms with Crippen molar-refractivity contribution in [1.82, 2.24) is 4.90 Å². The second-order valence-electron chi connectivity index (χ2n) is 7.62. The average Bonchev–Trinajstić information content (AvgIpc) is 3.12. The van der Waals surface area contributed by atoms with Crippen molar-refractivity contribution < 1.29 is 23.8 Å². The Bertz CT molecular complexity index is 1210. The lowest BCUT2D eigenvalue weighted by molar-refractivity contribution is -0.123. The number of carbonyl (C=O) groups is 2. The fraction of sp³-hybridized carbons (Fsp3) is 0.185. The van der Waals surface area contributed by atoms with Crippen LogP contribution in [-0.4, -0.2) is 36.3 Å². The summed E-state index contributed by atoms with van der Waals surface area (Å²) >= 11 is 0.931. The highest BCUT2D eigenvalue weighted by molar-refractivity contribution is 8.18. The maximum atomic E-state index is 12.8. The number of benzene rings is 3. The summed E-state index contributed by atoms with van der Waals surface area (Å²) in [5.74, 6) is 1.58. The van der Waals surface area contributed by atoms with E-state index in [9.17, 15) is 9.59 Å². The van der Waals surface area contributed by atoms with Gasteiger partial charge in [-0.25, -0.2) is 0 Å². The van der Waals surface area contributed by atoms with Crippen LogP contribution >= 0.6 is 11.8 Å². The van der Waals surface area contributed by atoms with Gasteiger partial charge in [0.2, 0.25) is 0 Å². The smallest absolute Gasteiger partial charge is 0.293 e. The summed E-state index contributed by atoms with van der Waals surface area (Å²) in [6, 6.07) is 22.8. The number of aryl methyl sites for hydroxylation is 1. The van der Waals surface area contributed by atoms with Gasteiger partial charge in [-0.05, 0) is 65.7 Å². The molecule has 0 spiro atoms. The first kappa shape index (κ1) is 23.4. The van der Waals surface area contributed by atoms with Crippen LogP contribution < -0.4 is 14.2 Å². The average molecular weight is 476 g/mol. The fourth-order valence-corrected chi connectivity index (χ4v) is 4.29. The van der Waals surface area contributed by atoms with Crippen molar-refractivity contribution in [2.75, 3.05) is 20.3 Å². The summed E-state index contributed by atoms with van der Waals surface area (Å²) in [6.45, 7) is 2.88. The molecule has 1 aliphatic heterocycles. The number of ether oxygens (including phenoxy) is 3. The molecule has 2 amide bonds. The third-order valence-electron chi connectivity index (χ3n) is 5.35. The Morgan fingerprint density at radius 2 is 1.59 bits per heavy atom. The molecule has 3 aromatic rings. The number of hydrogen-bond donors (Lipinski definition) is 0. The molecular formula is C27H25NO5S. The molecule has 7 heteroatoms. The Kier molecular flexibility index (Phi) is 7.54. The van der Waals surface area contributed by atoms with E-state index in [-0.39, 0.29) is 24.3 Å². The number of rotatable bonds is 9. The van der Waals surface area contributed by atoms with Crippen molar-refractivity contribution >= 4 is 29.0 Å². The number of amides is 2. The minimum absolute atomic E-state index is 0.158. The molecule has 0 saturated carbocycles. The molecule has 3 aromatic carbocycles. The van der Waals surface area contributed by atoms with Gasteiger partial charge in [0, 0.05) is 0 Å². The van der Waals surface area contributed by atoms with Crippen LogP contribution in [0.4, 0.5) is 4.79 Å². The lowest BCUT2D eigenvalue weighted by Crippen LogP contribution is -2.32. The molecule has 1 heterocycles. The van der Waals surface area contributed by atoms with E-state index >= 15 is 0 Å². The second-order valence-corrected chi connectivity index (χ2v) is 8.61. The molecule has 0 bridgehead atoms. The summed E-state index contributed by atoms with van der Waals surface area (Å²) < 4.78 is 16.8. The highest BCUT2D eigenvalue weighted by atomic mass is 32.2. The first-order valence-electron chi connectivity index (χ1n) is 10.8. The van der Waals surface area contributed by atoms with E-state index in [1.54, 1.807) is 25.3 Å². The summed E-state index contributed by atoms with van der Waals surface area (Å²) in [7, 11) is 1.56. The topological polar surface area (TPSA) is 65.1 Å². The molecule has 0 radical (unpaired) electrons. The molecule has 0 atom stereocenters. The van der Waals surface area contributed by atoms with Crippen molar-refractivity contribution in [3.05, 3.63) is 94.4 Å². The van der Waals surface area contributed by atoms with Crippen LogP contribution in [0.1, 0.15) is 16.7 Å². The van der Waals surface area contributed by atoms with Gasteiger partial charge < -0.3 is 14.2 Å². The summed E-state index contributed by atoms with van der Waals surface area (Å²) in [5.41, 5.74) is 3.14. The van der Waals surface area contributed by atoms with Gasteiger partial charge in [-0.2, -0.15) is 0 Å². The van der Waals surface area contributed by atoms with Crippen LogP contribution in [0.2, 0.25) is 0 Å². The lowest BCUT2D eigenvalue weighted by Gasteiger charge is -2.14. The third-order valence-corrected chi connectivity index (χ3v) is 6.26. The zero-order chi connectivity index (χ0) is 23.9. The Hall–Kier alpha value is -3.71. The van der Waals surface area contributed by atoms with Crippen molar-refractivity contribution in [2.45, 2.75) is 13.5 Å². The van der Waals surface area contributed by atoms with Gasteiger partial charge in [-0.1, -0.05) is 48.5 Å². The van der Waals surface area contributed by atoms with Gasteiger partial charge >= 0.3 is 0 Å². The molecule has 0 aromatic heterocycles. The summed E-state index contributed by atoms with van der Waals surface area (Å²) in [6.07, 6.45) is 1.72. The largest absolute Gasteiger partial charge is 0.493 e. The van der Waals surface area contributed by atoms with Gasteiger partial charge in [-0.3, -0.25) is 14.5 Å². The Balaban J connectivity index is 1.33. The lowest BCUT2D eigenvalue weighted by atomic mass is 10.1. The first-order chi connectivity index (χ1) is 16.5. The Morgan fingerprint density at radius 3 is 2.32 bits per heavy atom. The molecule has 4 rings (SSSR count). The number of imide groups is 1. The van der Waals surface area contributed by atoms with E-state index in [2.05, 4.69) is 13.0 Å². The van der Waals surface area contributed by atoms with Crippen LogP contribution in [0.15, 0.2) is 77.7 Å². The Labute approximate surface area is 203 Å². The quantitative estimate of drug-likeness (QED) is 0.370. The van der Waals surface area contributed by atoms with Crippen LogP contribution in [-0.2, 0) is 11.4 Å². The van der Waals surface area contributed by atoms with Crippen molar-refractivity contribution in [3.8, 4) is 17.2 Å². The summed E-state index contributed by atoms with van der Waals surface area (Å²) in [4.78, 5) is 26.7. The monoisotopic (exact) mass is 475 g/mol. The maximum absolute atomic E-state index is 12.8. The van der Waals surface area contributed by atoms with E-state index < -0.39 is 0 Å². The van der Waals surface area contributed by atoms with Gasteiger partial charge in [0.05, 0.1) is 18.6 Å². The molecule has 34 heavy (non-hydrogen) atoms. The molecule has 0 N–H and O–H groups in total. The highest BCUT2D eigenvalue weighted by Gasteiger charge is 2.34. The molecule has 0 unspecified atom stereocenters. The van der Waals surface area contributed by atoms with Crippen LogP contribution in [0.3, 0.4) is 0 Å². The van der Waals surface area contributed by atoms with Gasteiger partial charge in [0.15, 0.2) is 11.5 Å². The second kappa shape index (κ2) is 10.9. The van der Waals surface area contributed by atoms with E-state index in [0.29, 0.717) is 23.0 Å². The van der Waals surface area contributed by atoms with E-state index in [4.69, 9.17) is 14.2 Å². The number of methoxy groups -OCH3 is 1. The van der Waals surface area contributed by atoms with Crippen molar-refractivity contribution in [1.29, 1.82) is 0 Å². The van der Waals surface area contributed by atoms with Crippen molar-refractivity contribution in [3.63, 3.8) is 0 Å². The molecule has 0 aliphatic carbocycles. The van der Waals surface area contributed by atoms with Gasteiger partial charge in [0.1, 0.15) is 19.0 Å². The third kappa shape index (κ3) is 5.61. The molecule has 1 aliphatic rings. The van der Waals surface area contributed by atoms with Crippen LogP contribution in [0.5, 0.6) is 17.2 Å². The minimum atomic E-state index is -0.321. The molecular weight excluding hydrogens is 450 g/mol. The highest BCUT2D eigenvalue weighted by Crippen LogP contribution is 2.32. The molecule has 1 saturated heterocycles.